The van der Waals surface area contributed by atoms with Crippen LogP contribution in [0.25, 0.3) is 0 Å². The number of hydrogen-bond acceptors (Lipinski definition) is 2. The third-order valence-electron chi connectivity index (χ3n) is 2.93. The van der Waals surface area contributed by atoms with Crippen molar-refractivity contribution in [3.05, 3.63) is 29.6 Å². The first-order chi connectivity index (χ1) is 9.34. The third-order valence-corrected chi connectivity index (χ3v) is 2.93. The van der Waals surface area contributed by atoms with Crippen LogP contribution in [0.5, 0.6) is 0 Å². The molecule has 1 aromatic heterocycles. The minimum Gasteiger partial charge on any atom is -0.350 e. The number of hydrogen-bond donors (Lipinski definition) is 1. The van der Waals surface area contributed by atoms with Gasteiger partial charge in [-0.15, -0.1) is 0 Å². The summed E-state index contributed by atoms with van der Waals surface area (Å²) in [5, 5.41) is 2.75. The van der Waals surface area contributed by atoms with Gasteiger partial charge in [-0.25, -0.2) is 0 Å². The maximum atomic E-state index is 12.3. The summed E-state index contributed by atoms with van der Waals surface area (Å²) in [6.45, 7) is 3.97. The molecule has 1 amide bonds. The number of unbranched alkanes of at least 4 members (excludes halogenated alkanes) is 2. The topological polar surface area (TPSA) is 42.0 Å². The molecular formula is C14H19F3N2O. The molecule has 1 rings (SSSR count). The number of carbonyl (C=O) groups is 1. The lowest BCUT2D eigenvalue weighted by molar-refractivity contribution is -0.141. The molecule has 0 aliphatic carbocycles. The second-order valence-corrected chi connectivity index (χ2v) is 4.80. The summed E-state index contributed by atoms with van der Waals surface area (Å²) in [6.07, 6.45) is 0.543. The van der Waals surface area contributed by atoms with Crippen LogP contribution in [0.2, 0.25) is 0 Å². The molecule has 0 aromatic carbocycles. The first-order valence-electron chi connectivity index (χ1n) is 6.68. The Bertz CT molecular complexity index is 429. The van der Waals surface area contributed by atoms with Crippen LogP contribution in [0.15, 0.2) is 18.3 Å². The van der Waals surface area contributed by atoms with Crippen LogP contribution in [0.3, 0.4) is 0 Å². The third kappa shape index (κ3) is 5.19. The molecule has 1 unspecified atom stereocenters. The van der Waals surface area contributed by atoms with Gasteiger partial charge in [0.25, 0.3) is 5.91 Å². The Morgan fingerprint density at radius 1 is 1.35 bits per heavy atom. The molecule has 1 heterocycles. The van der Waals surface area contributed by atoms with Gasteiger partial charge < -0.3 is 5.32 Å². The molecule has 1 N–H and O–H groups in total. The van der Waals surface area contributed by atoms with Crippen LogP contribution >= 0.6 is 0 Å². The van der Waals surface area contributed by atoms with E-state index >= 15 is 0 Å². The number of pyridine rings is 1. The van der Waals surface area contributed by atoms with E-state index in [0.717, 1.165) is 44.0 Å². The second-order valence-electron chi connectivity index (χ2n) is 4.80. The summed E-state index contributed by atoms with van der Waals surface area (Å²) in [4.78, 5) is 15.1. The highest BCUT2D eigenvalue weighted by molar-refractivity contribution is 5.94. The molecule has 20 heavy (non-hydrogen) atoms. The summed E-state index contributed by atoms with van der Waals surface area (Å²) in [6, 6.07) is 1.96. The first kappa shape index (κ1) is 16.5. The van der Waals surface area contributed by atoms with Gasteiger partial charge >= 0.3 is 6.18 Å². The van der Waals surface area contributed by atoms with Crippen molar-refractivity contribution in [2.75, 3.05) is 0 Å². The number of nitrogens with zero attached hydrogens (tertiary/aromatic N) is 1. The molecule has 0 saturated carbocycles. The van der Waals surface area contributed by atoms with E-state index < -0.39 is 17.8 Å². The summed E-state index contributed by atoms with van der Waals surface area (Å²) >= 11 is 0. The summed E-state index contributed by atoms with van der Waals surface area (Å²) in [5.74, 6) is -0.393. The summed E-state index contributed by atoms with van der Waals surface area (Å²) in [5.41, 5.74) is -0.856. The molecule has 0 fully saturated rings. The van der Waals surface area contributed by atoms with Crippen LogP contribution in [-0.2, 0) is 6.18 Å². The molecule has 0 aliphatic rings. The largest absolute Gasteiger partial charge is 0.433 e. The van der Waals surface area contributed by atoms with Crippen molar-refractivity contribution in [1.82, 2.24) is 10.3 Å². The molecule has 6 heteroatoms. The maximum Gasteiger partial charge on any atom is 0.433 e. The lowest BCUT2D eigenvalue weighted by Crippen LogP contribution is -2.32. The SMILES string of the molecule is CCCCCC(C)NC(=O)c1ccc(C(F)(F)F)nc1. The quantitative estimate of drug-likeness (QED) is 0.809. The molecule has 0 bridgehead atoms. The van der Waals surface area contributed by atoms with Crippen LogP contribution in [0.4, 0.5) is 13.2 Å². The molecule has 0 spiro atoms. The van der Waals surface area contributed by atoms with Gasteiger partial charge in [0.2, 0.25) is 0 Å². The van der Waals surface area contributed by atoms with Gasteiger partial charge in [-0.3, -0.25) is 9.78 Å². The van der Waals surface area contributed by atoms with Gasteiger partial charge in [-0.1, -0.05) is 26.2 Å². The predicted molar refractivity (Wildman–Crippen MR) is 70.3 cm³/mol. The van der Waals surface area contributed by atoms with Gasteiger partial charge in [0.15, 0.2) is 0 Å². The van der Waals surface area contributed by atoms with Gasteiger partial charge in [-0.05, 0) is 25.5 Å². The van der Waals surface area contributed by atoms with E-state index in [9.17, 15) is 18.0 Å². The van der Waals surface area contributed by atoms with E-state index in [1.54, 1.807) is 0 Å². The lowest BCUT2D eigenvalue weighted by atomic mass is 10.1. The number of rotatable bonds is 6. The molecule has 0 radical (unpaired) electrons. The Morgan fingerprint density at radius 2 is 2.05 bits per heavy atom. The van der Waals surface area contributed by atoms with E-state index in [2.05, 4.69) is 17.2 Å². The highest BCUT2D eigenvalue weighted by Gasteiger charge is 2.32. The molecule has 0 saturated heterocycles. The Morgan fingerprint density at radius 3 is 2.55 bits per heavy atom. The molecule has 0 aliphatic heterocycles. The fourth-order valence-corrected chi connectivity index (χ4v) is 1.78. The van der Waals surface area contributed by atoms with E-state index in [0.29, 0.717) is 0 Å². The first-order valence-corrected chi connectivity index (χ1v) is 6.68. The fourth-order valence-electron chi connectivity index (χ4n) is 1.78. The number of alkyl halides is 3. The monoisotopic (exact) mass is 288 g/mol. The zero-order valence-electron chi connectivity index (χ0n) is 11.6. The fraction of sp³-hybridized carbons (Fsp3) is 0.571. The average molecular weight is 288 g/mol. The van der Waals surface area contributed by atoms with Crippen molar-refractivity contribution in [2.45, 2.75) is 51.7 Å². The minimum atomic E-state index is -4.48. The van der Waals surface area contributed by atoms with E-state index in [-0.39, 0.29) is 11.6 Å². The minimum absolute atomic E-state index is 0.00339. The van der Waals surface area contributed by atoms with Gasteiger partial charge in [0.05, 0.1) is 5.56 Å². The predicted octanol–water partition coefficient (Wildman–Crippen LogP) is 3.80. The van der Waals surface area contributed by atoms with Crippen molar-refractivity contribution >= 4 is 5.91 Å². The smallest absolute Gasteiger partial charge is 0.350 e. The highest BCUT2D eigenvalue weighted by atomic mass is 19.4. The Balaban J connectivity index is 2.55. The van der Waals surface area contributed by atoms with Crippen molar-refractivity contribution in [3.63, 3.8) is 0 Å². The van der Waals surface area contributed by atoms with Crippen molar-refractivity contribution in [2.24, 2.45) is 0 Å². The van der Waals surface area contributed by atoms with Gasteiger partial charge in [-0.2, -0.15) is 13.2 Å². The average Bonchev–Trinajstić information content (AvgIpc) is 2.38. The second kappa shape index (κ2) is 7.26. The zero-order chi connectivity index (χ0) is 15.2. The van der Waals surface area contributed by atoms with Crippen molar-refractivity contribution in [3.8, 4) is 0 Å². The molecule has 3 nitrogen and oxygen atoms in total. The summed E-state index contributed by atoms with van der Waals surface area (Å²) in [7, 11) is 0. The Kier molecular flexibility index (Phi) is 5.98. The molecule has 112 valence electrons. The lowest BCUT2D eigenvalue weighted by Gasteiger charge is -2.13. The van der Waals surface area contributed by atoms with E-state index in [4.69, 9.17) is 0 Å². The van der Waals surface area contributed by atoms with Gasteiger partial charge in [0.1, 0.15) is 5.69 Å². The normalized spacial score (nSPS) is 13.1. The number of amides is 1. The molecule has 1 atom stereocenters. The van der Waals surface area contributed by atoms with Crippen LogP contribution in [0.1, 0.15) is 55.6 Å². The standard InChI is InChI=1S/C14H19F3N2O/c1-3-4-5-6-10(2)19-13(20)11-7-8-12(18-9-11)14(15,16)17/h7-10H,3-6H2,1-2H3,(H,19,20). The van der Waals surface area contributed by atoms with Crippen LogP contribution in [0, 0.1) is 0 Å². The number of nitrogens with one attached hydrogen (secondary N) is 1. The molecular weight excluding hydrogens is 269 g/mol. The zero-order valence-corrected chi connectivity index (χ0v) is 11.6. The number of carbonyl (C=O) groups excluding carboxylic acids is 1. The maximum absolute atomic E-state index is 12.3. The van der Waals surface area contributed by atoms with E-state index in [1.807, 2.05) is 6.92 Å². The number of aromatic nitrogens is 1. The van der Waals surface area contributed by atoms with Gasteiger partial charge in [0, 0.05) is 12.2 Å². The Hall–Kier alpha value is -1.59. The Labute approximate surface area is 116 Å². The van der Waals surface area contributed by atoms with Crippen molar-refractivity contribution < 1.29 is 18.0 Å². The van der Waals surface area contributed by atoms with Crippen LogP contribution < -0.4 is 5.32 Å². The number of halogens is 3. The van der Waals surface area contributed by atoms with E-state index in [1.165, 1.54) is 0 Å². The van der Waals surface area contributed by atoms with Crippen molar-refractivity contribution in [1.29, 1.82) is 0 Å². The van der Waals surface area contributed by atoms with Crippen LogP contribution in [-0.4, -0.2) is 16.9 Å². The molecule has 1 aromatic rings. The highest BCUT2D eigenvalue weighted by Crippen LogP contribution is 2.27. The summed E-state index contributed by atoms with van der Waals surface area (Å²) < 4.78 is 37.0.